The van der Waals surface area contributed by atoms with Crippen LogP contribution in [0.1, 0.15) is 25.7 Å². The average molecular weight is 343 g/mol. The van der Waals surface area contributed by atoms with Gasteiger partial charge in [-0.25, -0.2) is 18.1 Å². The van der Waals surface area contributed by atoms with E-state index in [0.717, 1.165) is 19.3 Å². The summed E-state index contributed by atoms with van der Waals surface area (Å²) in [5.74, 6) is -0.270. The number of nitrogens with one attached hydrogen (secondary N) is 1. The summed E-state index contributed by atoms with van der Waals surface area (Å²) in [4.78, 5) is 15.9. The fourth-order valence-corrected chi connectivity index (χ4v) is 4.86. The highest BCUT2D eigenvalue weighted by atomic mass is 32.2. The molecule has 1 aliphatic carbocycles. The number of aryl methyl sites for hydroxylation is 1. The Labute approximate surface area is 135 Å². The fraction of sp³-hybridized carbons (Fsp3) is 0.714. The van der Waals surface area contributed by atoms with E-state index in [2.05, 4.69) is 9.71 Å². The topological polar surface area (TPSA) is 99.5 Å². The normalized spacial score (nSPS) is 30.3. The Kier molecular flexibility index (Phi) is 3.97. The molecule has 2 atom stereocenters. The first-order chi connectivity index (χ1) is 10.8. The Morgan fingerprint density at radius 1 is 1.52 bits per heavy atom. The zero-order valence-electron chi connectivity index (χ0n) is 13.2. The van der Waals surface area contributed by atoms with Gasteiger partial charge in [0.25, 0.3) is 10.0 Å². The summed E-state index contributed by atoms with van der Waals surface area (Å²) >= 11 is 0. The van der Waals surface area contributed by atoms with Crippen LogP contribution in [0.2, 0.25) is 0 Å². The Morgan fingerprint density at radius 3 is 2.96 bits per heavy atom. The number of hydrogen-bond donors (Lipinski definition) is 1. The van der Waals surface area contributed by atoms with Crippen molar-refractivity contribution in [2.75, 3.05) is 20.3 Å². The second-order valence-corrected chi connectivity index (χ2v) is 8.16. The highest BCUT2D eigenvalue weighted by Crippen LogP contribution is 2.50. The van der Waals surface area contributed by atoms with E-state index >= 15 is 0 Å². The molecular weight excluding hydrogens is 322 g/mol. The second kappa shape index (κ2) is 5.57. The molecule has 0 aromatic carbocycles. The minimum Gasteiger partial charge on any atom is -0.469 e. The van der Waals surface area contributed by atoms with Gasteiger partial charge in [-0.2, -0.15) is 0 Å². The number of sulfonamides is 1. The van der Waals surface area contributed by atoms with Crippen LogP contribution in [-0.2, 0) is 31.3 Å². The van der Waals surface area contributed by atoms with Gasteiger partial charge >= 0.3 is 5.97 Å². The van der Waals surface area contributed by atoms with Crippen LogP contribution in [0.3, 0.4) is 0 Å². The first kappa shape index (κ1) is 16.4. The van der Waals surface area contributed by atoms with Crippen LogP contribution in [0.25, 0.3) is 0 Å². The molecule has 2 aliphatic rings. The van der Waals surface area contributed by atoms with Gasteiger partial charge in [0.2, 0.25) is 0 Å². The highest BCUT2D eigenvalue weighted by Gasteiger charge is 2.57. The number of fused-ring (bicyclic) bond motifs is 2. The molecule has 1 aromatic heterocycles. The van der Waals surface area contributed by atoms with Crippen LogP contribution in [0.5, 0.6) is 0 Å². The van der Waals surface area contributed by atoms with E-state index in [1.807, 2.05) is 0 Å². The molecule has 8 nitrogen and oxygen atoms in total. The average Bonchev–Trinajstić information content (AvgIpc) is 3.08. The molecule has 2 fully saturated rings. The lowest BCUT2D eigenvalue weighted by atomic mass is 9.70. The monoisotopic (exact) mass is 343 g/mol. The molecule has 2 unspecified atom stereocenters. The number of methoxy groups -OCH3 is 1. The number of imidazole rings is 1. The van der Waals surface area contributed by atoms with Crippen LogP contribution in [0.4, 0.5) is 0 Å². The quantitative estimate of drug-likeness (QED) is 0.767. The van der Waals surface area contributed by atoms with Gasteiger partial charge in [-0.1, -0.05) is 0 Å². The van der Waals surface area contributed by atoms with E-state index in [1.165, 1.54) is 24.2 Å². The van der Waals surface area contributed by atoms with Crippen molar-refractivity contribution >= 4 is 16.0 Å². The molecule has 0 radical (unpaired) electrons. The molecule has 128 valence electrons. The van der Waals surface area contributed by atoms with Crippen molar-refractivity contribution < 1.29 is 22.7 Å². The number of carbonyl (C=O) groups excluding carboxylic acids is 1. The van der Waals surface area contributed by atoms with Crippen LogP contribution >= 0.6 is 0 Å². The van der Waals surface area contributed by atoms with Gasteiger partial charge in [0.1, 0.15) is 0 Å². The molecule has 2 heterocycles. The highest BCUT2D eigenvalue weighted by molar-refractivity contribution is 7.89. The van der Waals surface area contributed by atoms with Crippen molar-refractivity contribution in [2.24, 2.45) is 12.5 Å². The summed E-state index contributed by atoms with van der Waals surface area (Å²) in [5, 5.41) is 0.0990. The second-order valence-electron chi connectivity index (χ2n) is 6.44. The minimum absolute atomic E-state index is 0.0990. The summed E-state index contributed by atoms with van der Waals surface area (Å²) in [7, 11) is -0.676. The zero-order valence-corrected chi connectivity index (χ0v) is 14.1. The largest absolute Gasteiger partial charge is 0.469 e. The van der Waals surface area contributed by atoms with Gasteiger partial charge in [-0.3, -0.25) is 4.79 Å². The van der Waals surface area contributed by atoms with Crippen LogP contribution < -0.4 is 4.72 Å². The summed E-state index contributed by atoms with van der Waals surface area (Å²) in [5.41, 5.74) is -1.27. The fourth-order valence-electron chi connectivity index (χ4n) is 3.64. The summed E-state index contributed by atoms with van der Waals surface area (Å²) in [6.45, 7) is 0.423. The van der Waals surface area contributed by atoms with Gasteiger partial charge in [0, 0.05) is 13.6 Å². The van der Waals surface area contributed by atoms with Crippen LogP contribution in [0.15, 0.2) is 17.6 Å². The van der Waals surface area contributed by atoms with E-state index in [1.54, 1.807) is 7.05 Å². The zero-order chi connectivity index (χ0) is 16.7. The van der Waals surface area contributed by atoms with Crippen molar-refractivity contribution in [2.45, 2.75) is 36.3 Å². The molecule has 1 aliphatic heterocycles. The Bertz CT molecular complexity index is 716. The number of aromatic nitrogens is 2. The SMILES string of the molecule is COC(=O)C12CCCC(CNS(=O)(=O)c3cncn3C)(C1)OC2. The maximum atomic E-state index is 12.4. The van der Waals surface area contributed by atoms with Crippen LogP contribution in [-0.4, -0.2) is 49.8 Å². The van der Waals surface area contributed by atoms with E-state index in [9.17, 15) is 13.2 Å². The van der Waals surface area contributed by atoms with Crippen molar-refractivity contribution in [3.05, 3.63) is 12.5 Å². The Hall–Kier alpha value is -1.45. The van der Waals surface area contributed by atoms with Crippen LogP contribution in [0, 0.1) is 5.41 Å². The molecule has 3 rings (SSSR count). The van der Waals surface area contributed by atoms with Crippen molar-refractivity contribution in [3.8, 4) is 0 Å². The van der Waals surface area contributed by atoms with Gasteiger partial charge in [0.15, 0.2) is 5.03 Å². The van der Waals surface area contributed by atoms with Crippen molar-refractivity contribution in [1.82, 2.24) is 14.3 Å². The van der Waals surface area contributed by atoms with Crippen molar-refractivity contribution in [3.63, 3.8) is 0 Å². The minimum atomic E-state index is -3.67. The molecule has 1 N–H and O–H groups in total. The van der Waals surface area contributed by atoms with E-state index in [4.69, 9.17) is 9.47 Å². The first-order valence-electron chi connectivity index (χ1n) is 7.51. The molecule has 1 saturated carbocycles. The van der Waals surface area contributed by atoms with Gasteiger partial charge in [0.05, 0.1) is 37.3 Å². The lowest BCUT2D eigenvalue weighted by Crippen LogP contribution is -2.46. The van der Waals surface area contributed by atoms with E-state index in [0.29, 0.717) is 6.42 Å². The number of esters is 1. The lowest BCUT2D eigenvalue weighted by molar-refractivity contribution is -0.153. The first-order valence-corrected chi connectivity index (χ1v) is 8.99. The van der Waals surface area contributed by atoms with Gasteiger partial charge < -0.3 is 14.0 Å². The lowest BCUT2D eigenvalue weighted by Gasteiger charge is -2.35. The number of nitrogens with zero attached hydrogens (tertiary/aromatic N) is 2. The predicted octanol–water partition coefficient (Wildman–Crippen LogP) is 0.201. The van der Waals surface area contributed by atoms with E-state index < -0.39 is 21.0 Å². The van der Waals surface area contributed by atoms with E-state index in [-0.39, 0.29) is 24.1 Å². The molecule has 23 heavy (non-hydrogen) atoms. The molecule has 9 heteroatoms. The maximum Gasteiger partial charge on any atom is 0.314 e. The molecular formula is C14H21N3O5S. The number of hydrogen-bond acceptors (Lipinski definition) is 6. The Morgan fingerprint density at radius 2 is 2.30 bits per heavy atom. The maximum absolute atomic E-state index is 12.4. The Balaban J connectivity index is 1.74. The smallest absolute Gasteiger partial charge is 0.314 e. The summed E-state index contributed by atoms with van der Waals surface area (Å²) < 4.78 is 39.6. The molecule has 0 spiro atoms. The third kappa shape index (κ3) is 2.77. The molecule has 2 bridgehead atoms. The third-order valence-electron chi connectivity index (χ3n) is 4.85. The summed E-state index contributed by atoms with van der Waals surface area (Å²) in [6, 6.07) is 0. The van der Waals surface area contributed by atoms with Crippen molar-refractivity contribution in [1.29, 1.82) is 0 Å². The predicted molar refractivity (Wildman–Crippen MR) is 80.0 cm³/mol. The summed E-state index contributed by atoms with van der Waals surface area (Å²) in [6.07, 6.45) is 5.47. The number of ether oxygens (including phenoxy) is 2. The molecule has 1 aromatic rings. The number of carbonyl (C=O) groups is 1. The third-order valence-corrected chi connectivity index (χ3v) is 6.32. The molecule has 0 amide bonds. The molecule has 1 saturated heterocycles. The van der Waals surface area contributed by atoms with Gasteiger partial charge in [-0.15, -0.1) is 0 Å². The standard InChI is InChI=1S/C14H21N3O5S/c1-17-10-15-6-11(17)23(19,20)16-8-14-5-3-4-13(7-14,9-22-14)12(18)21-2/h6,10,16H,3-5,7-9H2,1-2H3. The van der Waals surface area contributed by atoms with Gasteiger partial charge in [-0.05, 0) is 25.7 Å². The number of rotatable bonds is 5.